The van der Waals surface area contributed by atoms with E-state index < -0.39 is 5.91 Å². The molecule has 0 radical (unpaired) electrons. The molecule has 0 bridgehead atoms. The number of allylic oxidation sites excluding steroid dienone is 5. The molecule has 24 heavy (non-hydrogen) atoms. The molecule has 2 rings (SSSR count). The van der Waals surface area contributed by atoms with Gasteiger partial charge in [-0.3, -0.25) is 4.79 Å². The molecular formula is C21H26FNO. The van der Waals surface area contributed by atoms with E-state index in [2.05, 4.69) is 26.8 Å². The zero-order valence-corrected chi connectivity index (χ0v) is 14.9. The minimum Gasteiger partial charge on any atom is -0.366 e. The molecule has 3 heteroatoms. The van der Waals surface area contributed by atoms with Gasteiger partial charge >= 0.3 is 0 Å². The molecule has 0 heterocycles. The van der Waals surface area contributed by atoms with E-state index >= 15 is 0 Å². The SMILES string of the molecule is CC1=C(/C=C/C(C)=C(\F)c2ccc(C(N)=O)cc2)C(C)(C)CCC1. The fourth-order valence-electron chi connectivity index (χ4n) is 3.30. The Balaban J connectivity index is 2.27. The number of carbonyl (C=O) groups excluding carboxylic acids is 1. The Morgan fingerprint density at radius 3 is 2.33 bits per heavy atom. The van der Waals surface area contributed by atoms with Crippen LogP contribution in [0, 0.1) is 5.41 Å². The van der Waals surface area contributed by atoms with Crippen molar-refractivity contribution in [3.05, 3.63) is 64.3 Å². The summed E-state index contributed by atoms with van der Waals surface area (Å²) in [7, 11) is 0. The average molecular weight is 327 g/mol. The lowest BCUT2D eigenvalue weighted by Gasteiger charge is -2.32. The molecule has 2 nitrogen and oxygen atoms in total. The number of primary amides is 1. The maximum Gasteiger partial charge on any atom is 0.248 e. The second-order valence-electron chi connectivity index (χ2n) is 7.20. The number of halogens is 1. The van der Waals surface area contributed by atoms with Crippen LogP contribution in [-0.4, -0.2) is 5.91 Å². The van der Waals surface area contributed by atoms with Crippen molar-refractivity contribution in [1.29, 1.82) is 0 Å². The van der Waals surface area contributed by atoms with Crippen LogP contribution in [0.4, 0.5) is 4.39 Å². The largest absolute Gasteiger partial charge is 0.366 e. The fourth-order valence-corrected chi connectivity index (χ4v) is 3.30. The number of rotatable bonds is 4. The van der Waals surface area contributed by atoms with Crippen LogP contribution in [0.3, 0.4) is 0 Å². The topological polar surface area (TPSA) is 43.1 Å². The predicted molar refractivity (Wildman–Crippen MR) is 98.1 cm³/mol. The highest BCUT2D eigenvalue weighted by Crippen LogP contribution is 2.41. The summed E-state index contributed by atoms with van der Waals surface area (Å²) in [5, 5.41) is 0. The van der Waals surface area contributed by atoms with Gasteiger partial charge in [-0.2, -0.15) is 0 Å². The molecule has 0 spiro atoms. The van der Waals surface area contributed by atoms with Crippen molar-refractivity contribution in [2.24, 2.45) is 11.1 Å². The van der Waals surface area contributed by atoms with Crippen molar-refractivity contribution in [3.63, 3.8) is 0 Å². The molecule has 1 aliphatic carbocycles. The van der Waals surface area contributed by atoms with Gasteiger partial charge in [-0.05, 0) is 61.8 Å². The monoisotopic (exact) mass is 327 g/mol. The van der Waals surface area contributed by atoms with Gasteiger partial charge in [0.15, 0.2) is 0 Å². The molecule has 0 atom stereocenters. The Kier molecular flexibility index (Phi) is 5.43. The van der Waals surface area contributed by atoms with Crippen molar-refractivity contribution >= 4 is 11.7 Å². The molecule has 0 aromatic heterocycles. The molecule has 128 valence electrons. The summed E-state index contributed by atoms with van der Waals surface area (Å²) in [6, 6.07) is 6.26. The first-order valence-electron chi connectivity index (χ1n) is 8.37. The third-order valence-electron chi connectivity index (χ3n) is 4.81. The minimum atomic E-state index is -0.510. The molecule has 0 saturated heterocycles. The summed E-state index contributed by atoms with van der Waals surface area (Å²) < 4.78 is 14.6. The standard InChI is InChI=1S/C21H26FNO/c1-14-6-5-13-21(3,4)18(14)12-7-15(2)19(22)16-8-10-17(11-9-16)20(23)24/h7-12H,5-6,13H2,1-4H3,(H2,23,24)/b12-7+,19-15-. The predicted octanol–water partition coefficient (Wildman–Crippen LogP) is 5.57. The van der Waals surface area contributed by atoms with Crippen molar-refractivity contribution in [2.75, 3.05) is 0 Å². The lowest BCUT2D eigenvalue weighted by atomic mass is 9.72. The van der Waals surface area contributed by atoms with Crippen LogP contribution >= 0.6 is 0 Å². The Labute approximate surface area is 143 Å². The van der Waals surface area contributed by atoms with Gasteiger partial charge < -0.3 is 5.73 Å². The lowest BCUT2D eigenvalue weighted by Crippen LogP contribution is -2.19. The van der Waals surface area contributed by atoms with Crippen molar-refractivity contribution in [1.82, 2.24) is 0 Å². The first-order chi connectivity index (χ1) is 11.2. The number of benzene rings is 1. The number of nitrogens with two attached hydrogens (primary N) is 1. The molecule has 0 saturated carbocycles. The highest BCUT2D eigenvalue weighted by Gasteiger charge is 2.26. The summed E-state index contributed by atoms with van der Waals surface area (Å²) in [5.74, 6) is -0.793. The Hall–Kier alpha value is -2.16. The molecule has 0 aliphatic heterocycles. The van der Waals surface area contributed by atoms with Gasteiger partial charge in [-0.25, -0.2) is 4.39 Å². The van der Waals surface area contributed by atoms with E-state index in [9.17, 15) is 9.18 Å². The molecule has 1 amide bonds. The third-order valence-corrected chi connectivity index (χ3v) is 4.81. The Morgan fingerprint density at radius 2 is 1.79 bits per heavy atom. The van der Waals surface area contributed by atoms with E-state index in [1.807, 2.05) is 6.08 Å². The Bertz CT molecular complexity index is 721. The second kappa shape index (κ2) is 7.16. The number of hydrogen-bond acceptors (Lipinski definition) is 1. The van der Waals surface area contributed by atoms with E-state index in [0.717, 1.165) is 12.8 Å². The van der Waals surface area contributed by atoms with Crippen LogP contribution in [0.25, 0.3) is 5.83 Å². The van der Waals surface area contributed by atoms with Crippen LogP contribution in [-0.2, 0) is 0 Å². The summed E-state index contributed by atoms with van der Waals surface area (Å²) in [6.07, 6.45) is 7.39. The van der Waals surface area contributed by atoms with E-state index in [1.54, 1.807) is 31.2 Å². The minimum absolute atomic E-state index is 0.138. The quantitative estimate of drug-likeness (QED) is 0.722. The van der Waals surface area contributed by atoms with Gasteiger partial charge in [0.05, 0.1) is 0 Å². The molecule has 1 aromatic carbocycles. The average Bonchev–Trinajstić information content (AvgIpc) is 2.53. The van der Waals surface area contributed by atoms with E-state index in [-0.39, 0.29) is 11.2 Å². The van der Waals surface area contributed by atoms with Crippen molar-refractivity contribution < 1.29 is 9.18 Å². The maximum absolute atomic E-state index is 14.6. The zero-order chi connectivity index (χ0) is 17.9. The van der Waals surface area contributed by atoms with Crippen LogP contribution in [0.2, 0.25) is 0 Å². The third kappa shape index (κ3) is 4.02. The highest BCUT2D eigenvalue weighted by atomic mass is 19.1. The maximum atomic E-state index is 14.6. The molecule has 0 unspecified atom stereocenters. The summed E-state index contributed by atoms with van der Waals surface area (Å²) in [4.78, 5) is 11.1. The lowest BCUT2D eigenvalue weighted by molar-refractivity contribution is 0.100. The van der Waals surface area contributed by atoms with Crippen LogP contribution < -0.4 is 5.73 Å². The molecular weight excluding hydrogens is 301 g/mol. The van der Waals surface area contributed by atoms with Gasteiger partial charge in [0.2, 0.25) is 5.91 Å². The summed E-state index contributed by atoms with van der Waals surface area (Å²) >= 11 is 0. The zero-order valence-electron chi connectivity index (χ0n) is 14.9. The fraction of sp³-hybridized carbons (Fsp3) is 0.381. The highest BCUT2D eigenvalue weighted by molar-refractivity contribution is 5.93. The van der Waals surface area contributed by atoms with Gasteiger partial charge in [0.25, 0.3) is 0 Å². The smallest absolute Gasteiger partial charge is 0.248 e. The molecule has 0 fully saturated rings. The van der Waals surface area contributed by atoms with Gasteiger partial charge in [0, 0.05) is 11.1 Å². The normalized spacial score (nSPS) is 18.7. The van der Waals surface area contributed by atoms with Gasteiger partial charge in [-0.15, -0.1) is 0 Å². The first kappa shape index (κ1) is 18.2. The molecule has 1 aromatic rings. The van der Waals surface area contributed by atoms with E-state index in [0.29, 0.717) is 16.7 Å². The number of carbonyl (C=O) groups is 1. The summed E-state index contributed by atoms with van der Waals surface area (Å²) in [6.45, 7) is 8.42. The first-order valence-corrected chi connectivity index (χ1v) is 8.37. The van der Waals surface area contributed by atoms with Crippen molar-refractivity contribution in [3.8, 4) is 0 Å². The van der Waals surface area contributed by atoms with Crippen LogP contribution in [0.1, 0.15) is 62.9 Å². The molecule has 1 aliphatic rings. The summed E-state index contributed by atoms with van der Waals surface area (Å²) in [5.41, 5.74) is 9.45. The van der Waals surface area contributed by atoms with Crippen LogP contribution in [0.5, 0.6) is 0 Å². The van der Waals surface area contributed by atoms with E-state index in [1.165, 1.54) is 17.6 Å². The van der Waals surface area contributed by atoms with Gasteiger partial charge in [-0.1, -0.05) is 43.7 Å². The van der Waals surface area contributed by atoms with Gasteiger partial charge in [0.1, 0.15) is 5.83 Å². The number of hydrogen-bond donors (Lipinski definition) is 1. The molecule has 2 N–H and O–H groups in total. The second-order valence-corrected chi connectivity index (χ2v) is 7.20. The van der Waals surface area contributed by atoms with E-state index in [4.69, 9.17) is 5.73 Å². The van der Waals surface area contributed by atoms with Crippen LogP contribution in [0.15, 0.2) is 53.1 Å². The van der Waals surface area contributed by atoms with Crippen molar-refractivity contribution in [2.45, 2.75) is 47.0 Å². The number of amides is 1. The Morgan fingerprint density at radius 1 is 1.21 bits per heavy atom.